The van der Waals surface area contributed by atoms with Crippen LogP contribution in [0.25, 0.3) is 0 Å². The number of esters is 1. The van der Waals surface area contributed by atoms with Gasteiger partial charge in [0, 0.05) is 0 Å². The molecule has 1 aromatic rings. The Hall–Kier alpha value is -1.08. The Bertz CT molecular complexity index is 652. The fourth-order valence-electron chi connectivity index (χ4n) is 1.43. The summed E-state index contributed by atoms with van der Waals surface area (Å²) in [7, 11) is -3.84. The molecule has 0 saturated carbocycles. The highest BCUT2D eigenvalue weighted by molar-refractivity contribution is 7.89. The standard InChI is InChI=1S/C11H9Cl2NO4S/c1-6-2-4-7(5-3-6)19(16,17)14-10-8(12)9(13)11(15)18-10/h2-5,10,14H,1H3/t10-/m0/s1. The van der Waals surface area contributed by atoms with Gasteiger partial charge < -0.3 is 4.74 Å². The maximum Gasteiger partial charge on any atom is 0.353 e. The highest BCUT2D eigenvalue weighted by Crippen LogP contribution is 2.28. The van der Waals surface area contributed by atoms with Gasteiger partial charge in [-0.15, -0.1) is 0 Å². The first kappa shape index (κ1) is 14.3. The maximum absolute atomic E-state index is 12.0. The fourth-order valence-corrected chi connectivity index (χ4v) is 2.89. The lowest BCUT2D eigenvalue weighted by Gasteiger charge is -2.13. The van der Waals surface area contributed by atoms with Crippen molar-refractivity contribution < 1.29 is 17.9 Å². The van der Waals surface area contributed by atoms with Gasteiger partial charge in [-0.1, -0.05) is 40.9 Å². The van der Waals surface area contributed by atoms with Crippen LogP contribution < -0.4 is 4.72 Å². The first-order chi connectivity index (χ1) is 8.81. The van der Waals surface area contributed by atoms with Crippen LogP contribution >= 0.6 is 23.2 Å². The number of aryl methyl sites for hydroxylation is 1. The van der Waals surface area contributed by atoms with Crippen molar-refractivity contribution in [3.8, 4) is 0 Å². The molecular formula is C11H9Cl2NO4S. The average Bonchev–Trinajstić information content (AvgIpc) is 2.57. The van der Waals surface area contributed by atoms with Crippen LogP contribution in [0.15, 0.2) is 39.2 Å². The normalized spacial score (nSPS) is 19.7. The smallest absolute Gasteiger partial charge is 0.353 e. The highest BCUT2D eigenvalue weighted by atomic mass is 35.5. The molecule has 1 aliphatic rings. The van der Waals surface area contributed by atoms with Gasteiger partial charge in [0.15, 0.2) is 0 Å². The molecule has 1 atom stereocenters. The first-order valence-electron chi connectivity index (χ1n) is 5.16. The lowest BCUT2D eigenvalue weighted by molar-refractivity contribution is -0.139. The number of sulfonamides is 1. The van der Waals surface area contributed by atoms with Crippen molar-refractivity contribution in [2.75, 3.05) is 0 Å². The molecule has 0 radical (unpaired) electrons. The van der Waals surface area contributed by atoms with Crippen molar-refractivity contribution in [3.63, 3.8) is 0 Å². The van der Waals surface area contributed by atoms with Crippen molar-refractivity contribution in [1.82, 2.24) is 4.72 Å². The van der Waals surface area contributed by atoms with E-state index in [1.165, 1.54) is 12.1 Å². The fraction of sp³-hybridized carbons (Fsp3) is 0.182. The van der Waals surface area contributed by atoms with Gasteiger partial charge in [-0.2, -0.15) is 4.72 Å². The Balaban J connectivity index is 2.24. The van der Waals surface area contributed by atoms with Crippen LogP contribution in [-0.2, 0) is 19.6 Å². The van der Waals surface area contributed by atoms with E-state index in [1.807, 2.05) is 6.92 Å². The van der Waals surface area contributed by atoms with E-state index >= 15 is 0 Å². The minimum atomic E-state index is -3.84. The van der Waals surface area contributed by atoms with Crippen LogP contribution in [0.1, 0.15) is 5.56 Å². The van der Waals surface area contributed by atoms with E-state index in [0.717, 1.165) is 5.56 Å². The summed E-state index contributed by atoms with van der Waals surface area (Å²) in [6.45, 7) is 1.84. The second-order valence-electron chi connectivity index (χ2n) is 3.88. The Morgan fingerprint density at radius 1 is 1.21 bits per heavy atom. The van der Waals surface area contributed by atoms with E-state index in [1.54, 1.807) is 12.1 Å². The molecule has 0 unspecified atom stereocenters. The van der Waals surface area contributed by atoms with Crippen LogP contribution in [0.2, 0.25) is 0 Å². The molecule has 0 fully saturated rings. The lowest BCUT2D eigenvalue weighted by atomic mass is 10.2. The summed E-state index contributed by atoms with van der Waals surface area (Å²) in [5.41, 5.74) is 0.923. The summed E-state index contributed by atoms with van der Waals surface area (Å²) in [4.78, 5) is 11.2. The van der Waals surface area contributed by atoms with Crippen LogP contribution in [0, 0.1) is 6.92 Å². The number of ether oxygens (including phenoxy) is 1. The number of benzene rings is 1. The van der Waals surface area contributed by atoms with Gasteiger partial charge >= 0.3 is 5.97 Å². The van der Waals surface area contributed by atoms with Gasteiger partial charge in [0.2, 0.25) is 16.3 Å². The zero-order chi connectivity index (χ0) is 14.2. The molecule has 0 aliphatic carbocycles. The summed E-state index contributed by atoms with van der Waals surface area (Å²) in [5, 5.41) is -0.499. The number of nitrogens with one attached hydrogen (secondary N) is 1. The zero-order valence-electron chi connectivity index (χ0n) is 9.68. The second kappa shape index (κ2) is 5.13. The monoisotopic (exact) mass is 321 g/mol. The minimum absolute atomic E-state index is 0.0432. The Morgan fingerprint density at radius 2 is 1.79 bits per heavy atom. The molecule has 1 N–H and O–H groups in total. The number of rotatable bonds is 3. The molecule has 19 heavy (non-hydrogen) atoms. The first-order valence-corrected chi connectivity index (χ1v) is 7.40. The molecular weight excluding hydrogens is 313 g/mol. The molecule has 0 amide bonds. The average molecular weight is 322 g/mol. The van der Waals surface area contributed by atoms with E-state index in [4.69, 9.17) is 27.9 Å². The minimum Gasteiger partial charge on any atom is -0.436 e. The van der Waals surface area contributed by atoms with Gasteiger partial charge in [0.1, 0.15) is 10.1 Å². The van der Waals surface area contributed by atoms with Gasteiger partial charge in [-0.05, 0) is 19.1 Å². The van der Waals surface area contributed by atoms with Crippen molar-refractivity contribution in [3.05, 3.63) is 39.9 Å². The van der Waals surface area contributed by atoms with E-state index < -0.39 is 22.2 Å². The van der Waals surface area contributed by atoms with Crippen LogP contribution in [0.4, 0.5) is 0 Å². The predicted octanol–water partition coefficient (Wildman–Crippen LogP) is 1.85. The Kier molecular flexibility index (Phi) is 3.87. The molecule has 102 valence electrons. The van der Waals surface area contributed by atoms with Crippen molar-refractivity contribution in [2.45, 2.75) is 18.0 Å². The van der Waals surface area contributed by atoms with Crippen LogP contribution in [-0.4, -0.2) is 20.6 Å². The molecule has 0 spiro atoms. The number of carbonyl (C=O) groups excluding carboxylic acids is 1. The largest absolute Gasteiger partial charge is 0.436 e. The molecule has 8 heteroatoms. The topological polar surface area (TPSA) is 72.5 Å². The number of carbonyl (C=O) groups is 1. The van der Waals surface area contributed by atoms with Crippen LogP contribution in [0.3, 0.4) is 0 Å². The molecule has 1 heterocycles. The van der Waals surface area contributed by atoms with Crippen LogP contribution in [0.5, 0.6) is 0 Å². The van der Waals surface area contributed by atoms with Gasteiger partial charge in [0.25, 0.3) is 0 Å². The highest BCUT2D eigenvalue weighted by Gasteiger charge is 2.35. The maximum atomic E-state index is 12.0. The van der Waals surface area contributed by atoms with Gasteiger partial charge in [-0.3, -0.25) is 0 Å². The summed E-state index contributed by atoms with van der Waals surface area (Å²) in [5.74, 6) is -0.858. The van der Waals surface area contributed by atoms with Crippen molar-refractivity contribution >= 4 is 39.2 Å². The molecule has 0 aromatic heterocycles. The van der Waals surface area contributed by atoms with E-state index in [9.17, 15) is 13.2 Å². The molecule has 1 aromatic carbocycles. The summed E-state index contributed by atoms with van der Waals surface area (Å²) in [6.07, 6.45) is -1.28. The zero-order valence-corrected chi connectivity index (χ0v) is 12.0. The summed E-state index contributed by atoms with van der Waals surface area (Å²) in [6, 6.07) is 6.18. The third-order valence-electron chi connectivity index (χ3n) is 2.44. The Labute approximate surface area is 120 Å². The SMILES string of the molecule is Cc1ccc(S(=O)(=O)N[C@H]2OC(=O)C(Cl)=C2Cl)cc1. The van der Waals surface area contributed by atoms with E-state index in [0.29, 0.717) is 0 Å². The van der Waals surface area contributed by atoms with Gasteiger partial charge in [0.05, 0.1) is 4.90 Å². The predicted molar refractivity (Wildman–Crippen MR) is 70.1 cm³/mol. The number of hydrogen-bond donors (Lipinski definition) is 1. The Morgan fingerprint density at radius 3 is 2.26 bits per heavy atom. The second-order valence-corrected chi connectivity index (χ2v) is 6.38. The number of hydrogen-bond acceptors (Lipinski definition) is 4. The van der Waals surface area contributed by atoms with Crippen molar-refractivity contribution in [1.29, 1.82) is 0 Å². The molecule has 5 nitrogen and oxygen atoms in total. The lowest BCUT2D eigenvalue weighted by Crippen LogP contribution is -2.35. The van der Waals surface area contributed by atoms with E-state index in [2.05, 4.69) is 4.72 Å². The molecule has 2 rings (SSSR count). The van der Waals surface area contributed by atoms with Gasteiger partial charge in [-0.25, -0.2) is 13.2 Å². The molecule has 0 bridgehead atoms. The third kappa shape index (κ3) is 2.92. The summed E-state index contributed by atoms with van der Waals surface area (Å²) >= 11 is 11.3. The van der Waals surface area contributed by atoms with E-state index in [-0.39, 0.29) is 15.0 Å². The third-order valence-corrected chi connectivity index (χ3v) is 4.70. The summed E-state index contributed by atoms with van der Waals surface area (Å²) < 4.78 is 30.9. The molecule has 0 saturated heterocycles. The quantitative estimate of drug-likeness (QED) is 0.862. The molecule has 1 aliphatic heterocycles. The number of cyclic esters (lactones) is 1. The number of halogens is 2. The van der Waals surface area contributed by atoms with Crippen molar-refractivity contribution in [2.24, 2.45) is 0 Å².